The van der Waals surface area contributed by atoms with E-state index in [2.05, 4.69) is 27.8 Å². The van der Waals surface area contributed by atoms with Gasteiger partial charge in [-0.05, 0) is 13.3 Å². The fourth-order valence-corrected chi connectivity index (χ4v) is 1.75. The highest BCUT2D eigenvalue weighted by Gasteiger charge is 2.20. The molecule has 1 aliphatic heterocycles. The summed E-state index contributed by atoms with van der Waals surface area (Å²) >= 11 is 0. The van der Waals surface area contributed by atoms with E-state index < -0.39 is 6.03 Å². The van der Waals surface area contributed by atoms with E-state index in [0.29, 0.717) is 12.6 Å². The second-order valence-corrected chi connectivity index (χ2v) is 4.33. The van der Waals surface area contributed by atoms with Gasteiger partial charge in [-0.3, -0.25) is 15.0 Å². The fraction of sp³-hybridized carbons (Fsp3) is 0.818. The van der Waals surface area contributed by atoms with Crippen molar-refractivity contribution < 1.29 is 9.59 Å². The SMILES string of the molecule is CCCNC(=O)NC(=O)CN1CCNCC1C.Cl. The molecule has 1 unspecified atom stereocenters. The Kier molecular flexibility index (Phi) is 8.70. The minimum absolute atomic E-state index is 0. The van der Waals surface area contributed by atoms with E-state index in [9.17, 15) is 9.59 Å². The molecule has 0 radical (unpaired) electrons. The molecule has 0 spiro atoms. The molecular formula is C11H23ClN4O2. The Morgan fingerprint density at radius 3 is 2.78 bits per heavy atom. The number of halogens is 1. The Hall–Kier alpha value is -0.850. The molecule has 1 rings (SSSR count). The lowest BCUT2D eigenvalue weighted by atomic mass is 10.2. The molecule has 1 fully saturated rings. The number of hydrogen-bond acceptors (Lipinski definition) is 4. The quantitative estimate of drug-likeness (QED) is 0.674. The summed E-state index contributed by atoms with van der Waals surface area (Å²) in [6.45, 7) is 7.51. The highest BCUT2D eigenvalue weighted by molar-refractivity contribution is 5.95. The number of urea groups is 1. The molecule has 0 bridgehead atoms. The van der Waals surface area contributed by atoms with Gasteiger partial charge in [-0.1, -0.05) is 6.92 Å². The molecule has 0 aromatic rings. The third-order valence-corrected chi connectivity index (χ3v) is 2.77. The molecule has 1 aliphatic rings. The van der Waals surface area contributed by atoms with Crippen molar-refractivity contribution in [1.29, 1.82) is 0 Å². The molecule has 6 nitrogen and oxygen atoms in total. The lowest BCUT2D eigenvalue weighted by Gasteiger charge is -2.33. The van der Waals surface area contributed by atoms with Gasteiger partial charge in [-0.2, -0.15) is 0 Å². The molecule has 3 N–H and O–H groups in total. The highest BCUT2D eigenvalue weighted by atomic mass is 35.5. The Labute approximate surface area is 114 Å². The number of hydrogen-bond donors (Lipinski definition) is 3. The molecule has 106 valence electrons. The number of carbonyl (C=O) groups is 2. The van der Waals surface area contributed by atoms with Gasteiger partial charge >= 0.3 is 6.03 Å². The Bertz CT molecular complexity index is 276. The molecule has 1 atom stereocenters. The summed E-state index contributed by atoms with van der Waals surface area (Å²) < 4.78 is 0. The molecule has 0 aromatic carbocycles. The largest absolute Gasteiger partial charge is 0.338 e. The van der Waals surface area contributed by atoms with E-state index in [4.69, 9.17) is 0 Å². The molecule has 1 saturated heterocycles. The van der Waals surface area contributed by atoms with Gasteiger partial charge in [0.2, 0.25) is 5.91 Å². The number of nitrogens with one attached hydrogen (secondary N) is 3. The molecule has 7 heteroatoms. The Balaban J connectivity index is 0.00000289. The zero-order valence-corrected chi connectivity index (χ0v) is 11.8. The van der Waals surface area contributed by atoms with Crippen molar-refractivity contribution in [2.75, 3.05) is 32.7 Å². The highest BCUT2D eigenvalue weighted by Crippen LogP contribution is 2.00. The molecule has 1 heterocycles. The summed E-state index contributed by atoms with van der Waals surface area (Å²) in [5.41, 5.74) is 0. The molecule has 0 saturated carbocycles. The number of carbonyl (C=O) groups excluding carboxylic acids is 2. The van der Waals surface area contributed by atoms with Crippen LogP contribution in [0.25, 0.3) is 0 Å². The van der Waals surface area contributed by atoms with Crippen molar-refractivity contribution >= 4 is 24.3 Å². The first-order valence-corrected chi connectivity index (χ1v) is 6.16. The second kappa shape index (κ2) is 9.13. The maximum atomic E-state index is 11.6. The van der Waals surface area contributed by atoms with Crippen molar-refractivity contribution in [2.45, 2.75) is 26.3 Å². The van der Waals surface area contributed by atoms with Crippen LogP contribution in [0.5, 0.6) is 0 Å². The van der Waals surface area contributed by atoms with Crippen LogP contribution in [0.15, 0.2) is 0 Å². The molecule has 3 amide bonds. The number of imide groups is 1. The topological polar surface area (TPSA) is 73.5 Å². The van der Waals surface area contributed by atoms with E-state index >= 15 is 0 Å². The maximum absolute atomic E-state index is 11.6. The van der Waals surface area contributed by atoms with Gasteiger partial charge in [0.1, 0.15) is 0 Å². The third-order valence-electron chi connectivity index (χ3n) is 2.77. The molecular weight excluding hydrogens is 256 g/mol. The lowest BCUT2D eigenvalue weighted by molar-refractivity contribution is -0.121. The van der Waals surface area contributed by atoms with E-state index in [1.165, 1.54) is 0 Å². The van der Waals surface area contributed by atoms with Gasteiger partial charge in [0.15, 0.2) is 0 Å². The van der Waals surface area contributed by atoms with Crippen molar-refractivity contribution in [3.05, 3.63) is 0 Å². The maximum Gasteiger partial charge on any atom is 0.321 e. The second-order valence-electron chi connectivity index (χ2n) is 4.33. The summed E-state index contributed by atoms with van der Waals surface area (Å²) in [6.07, 6.45) is 0.858. The minimum Gasteiger partial charge on any atom is -0.338 e. The van der Waals surface area contributed by atoms with Crippen LogP contribution in [-0.2, 0) is 4.79 Å². The molecule has 0 aromatic heterocycles. The number of piperazine rings is 1. The number of amides is 3. The first-order valence-electron chi connectivity index (χ1n) is 6.16. The summed E-state index contributed by atoms with van der Waals surface area (Å²) in [4.78, 5) is 24.9. The van der Waals surface area contributed by atoms with Crippen LogP contribution in [0.1, 0.15) is 20.3 Å². The Morgan fingerprint density at radius 2 is 2.17 bits per heavy atom. The van der Waals surface area contributed by atoms with Gasteiger partial charge in [0.05, 0.1) is 6.54 Å². The van der Waals surface area contributed by atoms with Gasteiger partial charge in [0, 0.05) is 32.2 Å². The molecule has 0 aliphatic carbocycles. The van der Waals surface area contributed by atoms with Crippen LogP contribution in [-0.4, -0.2) is 55.6 Å². The zero-order chi connectivity index (χ0) is 12.7. The average molecular weight is 279 g/mol. The zero-order valence-electron chi connectivity index (χ0n) is 11.0. The van der Waals surface area contributed by atoms with E-state index in [-0.39, 0.29) is 24.9 Å². The normalized spacial score (nSPS) is 19.8. The number of rotatable bonds is 4. The van der Waals surface area contributed by atoms with Gasteiger partial charge < -0.3 is 10.6 Å². The predicted molar refractivity (Wildman–Crippen MR) is 73.0 cm³/mol. The fourth-order valence-electron chi connectivity index (χ4n) is 1.75. The minimum atomic E-state index is -0.403. The van der Waals surface area contributed by atoms with Crippen LogP contribution in [0, 0.1) is 0 Å². The first kappa shape index (κ1) is 17.2. The smallest absolute Gasteiger partial charge is 0.321 e. The summed E-state index contributed by atoms with van der Waals surface area (Å²) in [5.74, 6) is -0.243. The van der Waals surface area contributed by atoms with E-state index in [0.717, 1.165) is 26.1 Å². The average Bonchev–Trinajstić information content (AvgIpc) is 2.29. The van der Waals surface area contributed by atoms with Gasteiger partial charge in [0.25, 0.3) is 0 Å². The first-order chi connectivity index (χ1) is 8.13. The molecule has 18 heavy (non-hydrogen) atoms. The van der Waals surface area contributed by atoms with Crippen molar-refractivity contribution in [3.8, 4) is 0 Å². The van der Waals surface area contributed by atoms with Crippen LogP contribution in [0.4, 0.5) is 4.79 Å². The van der Waals surface area contributed by atoms with Gasteiger partial charge in [-0.15, -0.1) is 12.4 Å². The summed E-state index contributed by atoms with van der Waals surface area (Å²) in [6, 6.07) is -0.0761. The summed E-state index contributed by atoms with van der Waals surface area (Å²) in [7, 11) is 0. The van der Waals surface area contributed by atoms with Crippen LogP contribution >= 0.6 is 12.4 Å². The van der Waals surface area contributed by atoms with Crippen LogP contribution in [0.2, 0.25) is 0 Å². The van der Waals surface area contributed by atoms with Crippen LogP contribution in [0.3, 0.4) is 0 Å². The Morgan fingerprint density at radius 1 is 1.44 bits per heavy atom. The van der Waals surface area contributed by atoms with Crippen LogP contribution < -0.4 is 16.0 Å². The van der Waals surface area contributed by atoms with E-state index in [1.54, 1.807) is 0 Å². The predicted octanol–water partition coefficient (Wildman–Crippen LogP) is -0.0623. The van der Waals surface area contributed by atoms with Crippen molar-refractivity contribution in [2.24, 2.45) is 0 Å². The van der Waals surface area contributed by atoms with Crippen molar-refractivity contribution in [1.82, 2.24) is 20.9 Å². The standard InChI is InChI=1S/C11H22N4O2.ClH/c1-3-4-13-11(17)14-10(16)8-15-6-5-12-7-9(15)2;/h9,12H,3-8H2,1-2H3,(H2,13,14,16,17);1H. The summed E-state index contributed by atoms with van der Waals surface area (Å²) in [5, 5.41) is 8.20. The van der Waals surface area contributed by atoms with Gasteiger partial charge in [-0.25, -0.2) is 4.79 Å². The van der Waals surface area contributed by atoms with E-state index in [1.807, 2.05) is 6.92 Å². The number of nitrogens with zero attached hydrogens (tertiary/aromatic N) is 1. The monoisotopic (exact) mass is 278 g/mol. The van der Waals surface area contributed by atoms with Crippen molar-refractivity contribution in [3.63, 3.8) is 0 Å². The lowest BCUT2D eigenvalue weighted by Crippen LogP contribution is -2.53. The third kappa shape index (κ3) is 6.18.